The van der Waals surface area contributed by atoms with E-state index in [-0.39, 0.29) is 32.4 Å². The maximum absolute atomic E-state index is 12.2. The highest BCUT2D eigenvalue weighted by Gasteiger charge is 2.33. The average Bonchev–Trinajstić information content (AvgIpc) is 3.07. The number of aromatic nitrogens is 3. The number of aromatic amines is 2. The van der Waals surface area contributed by atoms with E-state index in [0.29, 0.717) is 16.5 Å². The highest BCUT2D eigenvalue weighted by atomic mass is 16.2. The normalized spacial score (nSPS) is 29.7. The van der Waals surface area contributed by atoms with Crippen molar-refractivity contribution in [2.45, 2.75) is 19.3 Å². The third-order valence-electron chi connectivity index (χ3n) is 4.10. The van der Waals surface area contributed by atoms with Crippen molar-refractivity contribution in [2.75, 3.05) is 26.7 Å². The molecule has 1 amide bonds. The van der Waals surface area contributed by atoms with Crippen LogP contribution in [0.1, 0.15) is 20.1 Å². The Bertz CT molecular complexity index is 1020. The molecule has 2 atom stereocenters. The second kappa shape index (κ2) is 6.24. The van der Waals surface area contributed by atoms with Gasteiger partial charge in [0.15, 0.2) is 6.30 Å². The fourth-order valence-electron chi connectivity index (χ4n) is 2.81. The Hall–Kier alpha value is -2.62. The van der Waals surface area contributed by atoms with Crippen LogP contribution in [0.2, 0.25) is 0 Å². The lowest BCUT2D eigenvalue weighted by atomic mass is 9.93. The van der Waals surface area contributed by atoms with Gasteiger partial charge in [-0.2, -0.15) is 4.98 Å². The van der Waals surface area contributed by atoms with E-state index in [9.17, 15) is 4.79 Å². The first-order chi connectivity index (χ1) is 13.1. The minimum Gasteiger partial charge on any atom is -0.346 e. The van der Waals surface area contributed by atoms with Crippen LogP contribution in [0.15, 0.2) is 18.6 Å². The van der Waals surface area contributed by atoms with Gasteiger partial charge < -0.3 is 14.7 Å². The van der Waals surface area contributed by atoms with Crippen LogP contribution >= 0.6 is 0 Å². The quantitative estimate of drug-likeness (QED) is 0.623. The van der Waals surface area contributed by atoms with Crippen molar-refractivity contribution in [2.24, 2.45) is 5.92 Å². The molecule has 0 aromatic carbocycles. The molecule has 0 aliphatic carbocycles. The average molecular weight is 318 g/mol. The zero-order valence-corrected chi connectivity index (χ0v) is 12.8. The smallest absolute Gasteiger partial charge is 0.302 e. The Morgan fingerprint density at radius 2 is 2.61 bits per heavy atom. The summed E-state index contributed by atoms with van der Waals surface area (Å²) in [4.78, 5) is 26.5. The number of likely N-dealkylation sites (tertiary alicyclic amines) is 1. The number of carbonyl (C=O) groups is 1. The number of nitrogens with one attached hydrogen (secondary N) is 2. The molecule has 0 saturated carbocycles. The van der Waals surface area contributed by atoms with Crippen LogP contribution in [0.25, 0.3) is 15.9 Å². The summed E-state index contributed by atoms with van der Waals surface area (Å²) in [6.45, 7) is 4.19. The summed E-state index contributed by atoms with van der Waals surface area (Å²) < 4.78 is 42.3. The van der Waals surface area contributed by atoms with Gasteiger partial charge in [0.05, 0.1) is 15.0 Å². The molecule has 2 aromatic heterocycles. The van der Waals surface area contributed by atoms with E-state index in [2.05, 4.69) is 19.8 Å². The van der Waals surface area contributed by atoms with Crippen LogP contribution in [-0.2, 0) is 4.79 Å². The number of amides is 1. The number of H-pyrrole nitrogens is 2. The van der Waals surface area contributed by atoms with Crippen molar-refractivity contribution in [1.29, 1.82) is 0 Å². The van der Waals surface area contributed by atoms with E-state index in [1.165, 1.54) is 9.48 Å². The van der Waals surface area contributed by atoms with Crippen molar-refractivity contribution >= 4 is 16.9 Å². The molecule has 1 aliphatic rings. The van der Waals surface area contributed by atoms with Crippen LogP contribution in [0.3, 0.4) is 0 Å². The number of rotatable bonds is 2. The van der Waals surface area contributed by atoms with Gasteiger partial charge in [-0.05, 0) is 18.4 Å². The van der Waals surface area contributed by atoms with Gasteiger partial charge in [0, 0.05) is 16.9 Å². The minimum absolute atomic E-state index is 0.114. The van der Waals surface area contributed by atoms with Crippen LogP contribution in [0, 0.1) is 12.5 Å². The number of hydrogen-bond donors (Lipinski definition) is 2. The van der Waals surface area contributed by atoms with E-state index in [4.69, 9.17) is 13.4 Å². The summed E-state index contributed by atoms with van der Waals surface area (Å²) in [6, 6.07) is 0.0399. The number of fused-ring (bicyclic) bond motifs is 1. The predicted octanol–water partition coefficient (Wildman–Crippen LogP) is 0.449. The van der Waals surface area contributed by atoms with Gasteiger partial charge in [-0.3, -0.25) is 9.37 Å². The molecule has 3 rings (SSSR count). The molecule has 0 bridgehead atoms. The number of hydrogen-bond acceptors (Lipinski definition) is 2. The third kappa shape index (κ3) is 2.84. The Morgan fingerprint density at radius 1 is 1.74 bits per heavy atom. The summed E-state index contributed by atoms with van der Waals surface area (Å²) in [5, 5.41) is 0.610. The lowest BCUT2D eigenvalue weighted by Gasteiger charge is -2.35. The summed E-state index contributed by atoms with van der Waals surface area (Å²) in [7, 11) is 1.58. The van der Waals surface area contributed by atoms with Crippen molar-refractivity contribution < 1.29 is 11.6 Å². The van der Waals surface area contributed by atoms with E-state index in [0.717, 1.165) is 0 Å². The molecule has 1 aliphatic heterocycles. The molecular weight excluding hydrogens is 292 g/mol. The fourth-order valence-corrected chi connectivity index (χ4v) is 2.81. The predicted molar refractivity (Wildman–Crippen MR) is 87.3 cm³/mol. The molecule has 3 heterocycles. The topological polar surface area (TPSA) is 72.2 Å². The molecule has 7 heteroatoms. The fraction of sp³-hybridized carbons (Fsp3) is 0.500. The SMILES string of the molecule is [2H]c1nc2[nH]ccc2c(=[N+](C)[C@@]2([2H])CN(C(=O)C[N+]#[C-])CC[C@H]2C([2H])([2H])[2H])[nH]1. The summed E-state index contributed by atoms with van der Waals surface area (Å²) in [5.41, 5.74) is 0.816. The molecule has 1 fully saturated rings. The summed E-state index contributed by atoms with van der Waals surface area (Å²) >= 11 is 0. The van der Waals surface area contributed by atoms with Crippen LogP contribution in [-0.4, -0.2) is 58.5 Å². The molecule has 2 aromatic rings. The number of likely N-dealkylation sites (N-methyl/N-ethyl adjacent to an activating group) is 1. The lowest BCUT2D eigenvalue weighted by Crippen LogP contribution is -2.54. The first-order valence-corrected chi connectivity index (χ1v) is 7.30. The van der Waals surface area contributed by atoms with Crippen LogP contribution in [0.4, 0.5) is 0 Å². The Labute approximate surface area is 141 Å². The number of carbonyl (C=O) groups excluding carboxylic acids is 1. The lowest BCUT2D eigenvalue weighted by molar-refractivity contribution is -0.131. The van der Waals surface area contributed by atoms with Gasteiger partial charge >= 0.3 is 5.91 Å². The number of nitrogens with zero attached hydrogens (tertiary/aromatic N) is 4. The molecular formula is C16H21N6O+. The highest BCUT2D eigenvalue weighted by molar-refractivity contribution is 5.79. The molecule has 2 N–H and O–H groups in total. The molecule has 0 spiro atoms. The second-order valence-corrected chi connectivity index (χ2v) is 5.46. The molecule has 7 nitrogen and oxygen atoms in total. The molecule has 1 saturated heterocycles. The Balaban J connectivity index is 2.21. The second-order valence-electron chi connectivity index (χ2n) is 5.46. The van der Waals surface area contributed by atoms with E-state index >= 15 is 0 Å². The van der Waals surface area contributed by atoms with Gasteiger partial charge in [-0.25, -0.2) is 11.6 Å². The van der Waals surface area contributed by atoms with Gasteiger partial charge in [-0.15, -0.1) is 0 Å². The van der Waals surface area contributed by atoms with Gasteiger partial charge in [0.2, 0.25) is 0 Å². The van der Waals surface area contributed by atoms with E-state index in [1.54, 1.807) is 19.3 Å². The maximum atomic E-state index is 12.2. The third-order valence-corrected chi connectivity index (χ3v) is 4.10. The van der Waals surface area contributed by atoms with Crippen molar-refractivity contribution in [3.8, 4) is 0 Å². The van der Waals surface area contributed by atoms with Crippen molar-refractivity contribution in [3.63, 3.8) is 0 Å². The standard InChI is InChI=1S/C16H20N6O/c1-11-5-7-22(14(23)8-17-2)9-13(11)21(3)16-12-4-6-18-15(12)19-10-20-16/h4,6,10-11,13H,5,7-9H2,1,3H3,(H,18,19,20)/p+1/t11-,13+/m1/s1/i1D3,10D,13D. The maximum Gasteiger partial charge on any atom is 0.302 e. The molecule has 120 valence electrons. The first-order valence-electron chi connectivity index (χ1n) is 9.80. The van der Waals surface area contributed by atoms with Crippen molar-refractivity contribution in [1.82, 2.24) is 24.4 Å². The van der Waals surface area contributed by atoms with Gasteiger partial charge in [0.1, 0.15) is 18.4 Å². The number of piperidine rings is 1. The van der Waals surface area contributed by atoms with E-state index in [1.807, 2.05) is 0 Å². The van der Waals surface area contributed by atoms with Crippen LogP contribution < -0.4 is 10.1 Å². The largest absolute Gasteiger partial charge is 0.346 e. The van der Waals surface area contributed by atoms with Gasteiger partial charge in [-0.1, -0.05) is 6.85 Å². The van der Waals surface area contributed by atoms with Gasteiger partial charge in [0.25, 0.3) is 12.0 Å². The Kier molecular flexibility index (Phi) is 2.77. The molecule has 23 heavy (non-hydrogen) atoms. The first kappa shape index (κ1) is 10.2. The zero-order valence-electron chi connectivity index (χ0n) is 17.8. The van der Waals surface area contributed by atoms with Crippen LogP contribution in [0.5, 0.6) is 0 Å². The zero-order chi connectivity index (χ0) is 20.7. The van der Waals surface area contributed by atoms with Crippen molar-refractivity contribution in [3.05, 3.63) is 35.5 Å². The minimum atomic E-state index is -2.40. The highest BCUT2D eigenvalue weighted by Crippen LogP contribution is 2.18. The van der Waals surface area contributed by atoms with E-state index < -0.39 is 24.7 Å². The molecule has 0 unspecified atom stereocenters. The monoisotopic (exact) mass is 318 g/mol. The molecule has 0 radical (unpaired) electrons. The summed E-state index contributed by atoms with van der Waals surface area (Å²) in [6.07, 6.45) is 1.62. The Morgan fingerprint density at radius 3 is 3.39 bits per heavy atom. The summed E-state index contributed by atoms with van der Waals surface area (Å²) in [5.74, 6) is -1.44.